The minimum Gasteiger partial charge on any atom is -0.382 e. The Morgan fingerprint density at radius 1 is 1.17 bits per heavy atom. The van der Waals surface area contributed by atoms with Crippen LogP contribution in [0.25, 0.3) is 0 Å². The molecule has 0 radical (unpaired) electrons. The number of primary amides is 1. The van der Waals surface area contributed by atoms with E-state index in [1.165, 1.54) is 6.42 Å². The predicted octanol–water partition coefficient (Wildman–Crippen LogP) is 1.86. The van der Waals surface area contributed by atoms with Crippen molar-refractivity contribution in [3.05, 3.63) is 24.3 Å². The van der Waals surface area contributed by atoms with Crippen molar-refractivity contribution in [1.29, 1.82) is 0 Å². The number of benzene rings is 1. The Kier molecular flexibility index (Phi) is 4.04. The standard InChI is InChI=1S/C13H20N4O/c14-9-2-1-3-12(8-9)16-10-4-6-11(7-5-10)17-13(15)18/h4-7,9,12,16H,1-3,8,14H2,(H3,15,17,18). The lowest BCUT2D eigenvalue weighted by Crippen LogP contribution is -2.34. The van der Waals surface area contributed by atoms with E-state index < -0.39 is 6.03 Å². The first-order valence-corrected chi connectivity index (χ1v) is 6.32. The summed E-state index contributed by atoms with van der Waals surface area (Å²) >= 11 is 0. The van der Waals surface area contributed by atoms with Crippen molar-refractivity contribution in [1.82, 2.24) is 0 Å². The van der Waals surface area contributed by atoms with Crippen LogP contribution in [0.1, 0.15) is 25.7 Å². The van der Waals surface area contributed by atoms with Gasteiger partial charge in [-0.05, 0) is 49.9 Å². The van der Waals surface area contributed by atoms with E-state index in [1.807, 2.05) is 24.3 Å². The summed E-state index contributed by atoms with van der Waals surface area (Å²) in [5, 5.41) is 6.00. The van der Waals surface area contributed by atoms with Crippen LogP contribution in [0.3, 0.4) is 0 Å². The van der Waals surface area contributed by atoms with Crippen LogP contribution in [-0.2, 0) is 0 Å². The van der Waals surface area contributed by atoms with Crippen molar-refractivity contribution in [2.24, 2.45) is 11.5 Å². The second-order valence-electron chi connectivity index (χ2n) is 4.83. The number of hydrogen-bond acceptors (Lipinski definition) is 3. The van der Waals surface area contributed by atoms with Crippen LogP contribution < -0.4 is 22.1 Å². The number of anilines is 2. The molecule has 5 nitrogen and oxygen atoms in total. The van der Waals surface area contributed by atoms with Crippen molar-refractivity contribution in [2.75, 3.05) is 10.6 Å². The molecule has 1 aliphatic carbocycles. The lowest BCUT2D eigenvalue weighted by molar-refractivity contribution is 0.259. The van der Waals surface area contributed by atoms with E-state index in [1.54, 1.807) is 0 Å². The normalized spacial score (nSPS) is 23.4. The van der Waals surface area contributed by atoms with Crippen LogP contribution in [0.2, 0.25) is 0 Å². The number of nitrogens with one attached hydrogen (secondary N) is 2. The molecule has 1 saturated carbocycles. The smallest absolute Gasteiger partial charge is 0.316 e. The fraction of sp³-hybridized carbons (Fsp3) is 0.462. The quantitative estimate of drug-likeness (QED) is 0.657. The molecule has 2 rings (SSSR count). The topological polar surface area (TPSA) is 93.2 Å². The van der Waals surface area contributed by atoms with Gasteiger partial charge in [-0.1, -0.05) is 0 Å². The molecule has 1 aromatic carbocycles. The van der Waals surface area contributed by atoms with Crippen molar-refractivity contribution in [3.63, 3.8) is 0 Å². The van der Waals surface area contributed by atoms with E-state index in [-0.39, 0.29) is 0 Å². The third-order valence-corrected chi connectivity index (χ3v) is 3.24. The Bertz CT molecular complexity index is 404. The first-order valence-electron chi connectivity index (χ1n) is 6.32. The van der Waals surface area contributed by atoms with Gasteiger partial charge in [0.05, 0.1) is 0 Å². The largest absolute Gasteiger partial charge is 0.382 e. The highest BCUT2D eigenvalue weighted by molar-refractivity contribution is 5.87. The molecule has 1 fully saturated rings. The highest BCUT2D eigenvalue weighted by Crippen LogP contribution is 2.22. The Hall–Kier alpha value is -1.75. The van der Waals surface area contributed by atoms with Crippen molar-refractivity contribution >= 4 is 17.4 Å². The number of carbonyl (C=O) groups is 1. The lowest BCUT2D eigenvalue weighted by atomic mass is 9.91. The summed E-state index contributed by atoms with van der Waals surface area (Å²) in [7, 11) is 0. The average Bonchev–Trinajstić information content (AvgIpc) is 2.31. The van der Waals surface area contributed by atoms with Gasteiger partial charge in [-0.3, -0.25) is 0 Å². The molecule has 0 aromatic heterocycles. The maximum absolute atomic E-state index is 10.7. The summed E-state index contributed by atoms with van der Waals surface area (Å²) in [5.74, 6) is 0. The molecule has 0 spiro atoms. The first kappa shape index (κ1) is 12.7. The van der Waals surface area contributed by atoms with Gasteiger partial charge in [0.2, 0.25) is 0 Å². The SMILES string of the molecule is NC(=O)Nc1ccc(NC2CCCC(N)C2)cc1. The Morgan fingerprint density at radius 2 is 1.83 bits per heavy atom. The first-order chi connectivity index (χ1) is 8.63. The average molecular weight is 248 g/mol. The van der Waals surface area contributed by atoms with E-state index >= 15 is 0 Å². The molecule has 18 heavy (non-hydrogen) atoms. The summed E-state index contributed by atoms with van der Waals surface area (Å²) in [4.78, 5) is 10.7. The zero-order chi connectivity index (χ0) is 13.0. The van der Waals surface area contributed by atoms with E-state index in [9.17, 15) is 4.79 Å². The van der Waals surface area contributed by atoms with Gasteiger partial charge >= 0.3 is 6.03 Å². The number of rotatable bonds is 3. The lowest BCUT2D eigenvalue weighted by Gasteiger charge is -2.28. The van der Waals surface area contributed by atoms with Gasteiger partial charge in [-0.2, -0.15) is 0 Å². The van der Waals surface area contributed by atoms with Gasteiger partial charge < -0.3 is 22.1 Å². The van der Waals surface area contributed by atoms with E-state index in [0.29, 0.717) is 17.8 Å². The Balaban J connectivity index is 1.91. The molecule has 0 bridgehead atoms. The highest BCUT2D eigenvalue weighted by atomic mass is 16.2. The minimum absolute atomic E-state index is 0.312. The molecule has 2 atom stereocenters. The number of amides is 2. The molecule has 2 unspecified atom stereocenters. The van der Waals surface area contributed by atoms with Gasteiger partial charge in [-0.15, -0.1) is 0 Å². The Labute approximate surface area is 107 Å². The van der Waals surface area contributed by atoms with Gasteiger partial charge in [0.25, 0.3) is 0 Å². The molecule has 6 N–H and O–H groups in total. The molecule has 5 heteroatoms. The summed E-state index contributed by atoms with van der Waals surface area (Å²) < 4.78 is 0. The number of carbonyl (C=O) groups excluding carboxylic acids is 1. The van der Waals surface area contributed by atoms with Crippen LogP contribution in [0, 0.1) is 0 Å². The second-order valence-corrected chi connectivity index (χ2v) is 4.83. The zero-order valence-corrected chi connectivity index (χ0v) is 10.4. The maximum atomic E-state index is 10.7. The van der Waals surface area contributed by atoms with Crippen molar-refractivity contribution in [3.8, 4) is 0 Å². The van der Waals surface area contributed by atoms with E-state index in [2.05, 4.69) is 10.6 Å². The van der Waals surface area contributed by atoms with Crippen LogP contribution in [0.5, 0.6) is 0 Å². The molecule has 0 heterocycles. The second kappa shape index (κ2) is 5.73. The monoisotopic (exact) mass is 248 g/mol. The molecule has 2 amide bonds. The summed E-state index contributed by atoms with van der Waals surface area (Å²) in [6, 6.07) is 7.74. The molecule has 0 aliphatic heterocycles. The molecule has 1 aliphatic rings. The summed E-state index contributed by atoms with van der Waals surface area (Å²) in [6.07, 6.45) is 4.48. The van der Waals surface area contributed by atoms with Crippen molar-refractivity contribution in [2.45, 2.75) is 37.8 Å². The summed E-state index contributed by atoms with van der Waals surface area (Å²) in [6.45, 7) is 0. The number of urea groups is 1. The van der Waals surface area contributed by atoms with Gasteiger partial charge in [-0.25, -0.2) is 4.79 Å². The van der Waals surface area contributed by atoms with Crippen LogP contribution in [0.15, 0.2) is 24.3 Å². The van der Waals surface area contributed by atoms with Crippen LogP contribution in [-0.4, -0.2) is 18.1 Å². The van der Waals surface area contributed by atoms with Crippen LogP contribution in [0.4, 0.5) is 16.2 Å². The van der Waals surface area contributed by atoms with Gasteiger partial charge in [0.15, 0.2) is 0 Å². The Morgan fingerprint density at radius 3 is 2.44 bits per heavy atom. The minimum atomic E-state index is -0.547. The third-order valence-electron chi connectivity index (χ3n) is 3.24. The third kappa shape index (κ3) is 3.63. The molecular formula is C13H20N4O. The summed E-state index contributed by atoms with van der Waals surface area (Å²) in [5.41, 5.74) is 12.8. The molecule has 98 valence electrons. The number of nitrogens with two attached hydrogens (primary N) is 2. The molecule has 0 saturated heterocycles. The van der Waals surface area contributed by atoms with Gasteiger partial charge in [0.1, 0.15) is 0 Å². The van der Waals surface area contributed by atoms with E-state index in [4.69, 9.17) is 11.5 Å². The maximum Gasteiger partial charge on any atom is 0.316 e. The molecule has 1 aromatic rings. The van der Waals surface area contributed by atoms with Crippen LogP contribution >= 0.6 is 0 Å². The van der Waals surface area contributed by atoms with Crippen molar-refractivity contribution < 1.29 is 4.79 Å². The predicted molar refractivity (Wildman–Crippen MR) is 73.5 cm³/mol. The fourth-order valence-electron chi connectivity index (χ4n) is 2.39. The molecular weight excluding hydrogens is 228 g/mol. The van der Waals surface area contributed by atoms with E-state index in [0.717, 1.165) is 24.9 Å². The highest BCUT2D eigenvalue weighted by Gasteiger charge is 2.18. The van der Waals surface area contributed by atoms with Gasteiger partial charge in [0, 0.05) is 23.5 Å². The number of hydrogen-bond donors (Lipinski definition) is 4. The zero-order valence-electron chi connectivity index (χ0n) is 10.4. The fourth-order valence-corrected chi connectivity index (χ4v) is 2.39.